The number of nitrogens with zero attached hydrogens (tertiary/aromatic N) is 1. The van der Waals surface area contributed by atoms with Crippen molar-refractivity contribution in [1.29, 1.82) is 5.26 Å². The molecule has 0 saturated carbocycles. The lowest BCUT2D eigenvalue weighted by molar-refractivity contribution is -0.128. The Labute approximate surface area is 119 Å². The molecule has 5 heteroatoms. The fraction of sp³-hybridized carbons (Fsp3) is 0.467. The van der Waals surface area contributed by atoms with Crippen molar-refractivity contribution < 1.29 is 9.53 Å². The van der Waals surface area contributed by atoms with Crippen molar-refractivity contribution in [3.05, 3.63) is 23.8 Å². The number of nitrogens with two attached hydrogens (primary N) is 1. The molecule has 0 saturated heterocycles. The number of hydrogen-bond acceptors (Lipinski definition) is 4. The Balaban J connectivity index is 2.73. The predicted octanol–water partition coefficient (Wildman–Crippen LogP) is 2.21. The Morgan fingerprint density at radius 2 is 2.10 bits per heavy atom. The minimum atomic E-state index is -0.661. The fourth-order valence-electron chi connectivity index (χ4n) is 1.79. The maximum atomic E-state index is 12.0. The van der Waals surface area contributed by atoms with Gasteiger partial charge in [0.1, 0.15) is 11.8 Å². The number of amides is 1. The molecule has 1 aromatic rings. The number of nitrogens with one attached hydrogen (secondary N) is 1. The van der Waals surface area contributed by atoms with E-state index in [1.165, 1.54) is 6.07 Å². The van der Waals surface area contributed by atoms with Gasteiger partial charge in [-0.1, -0.05) is 13.8 Å². The van der Waals surface area contributed by atoms with Crippen molar-refractivity contribution in [2.75, 3.05) is 5.73 Å². The first-order valence-electron chi connectivity index (χ1n) is 6.78. The van der Waals surface area contributed by atoms with Gasteiger partial charge in [-0.05, 0) is 38.0 Å². The molecule has 20 heavy (non-hydrogen) atoms. The zero-order valence-corrected chi connectivity index (χ0v) is 12.1. The molecule has 1 unspecified atom stereocenters. The van der Waals surface area contributed by atoms with Crippen molar-refractivity contribution in [2.24, 2.45) is 0 Å². The van der Waals surface area contributed by atoms with Crippen LogP contribution in [0.3, 0.4) is 0 Å². The van der Waals surface area contributed by atoms with Gasteiger partial charge in [0.2, 0.25) is 0 Å². The Morgan fingerprint density at radius 1 is 1.45 bits per heavy atom. The third-order valence-electron chi connectivity index (χ3n) is 3.13. The summed E-state index contributed by atoms with van der Waals surface area (Å²) in [6.07, 6.45) is 1.09. The van der Waals surface area contributed by atoms with Crippen LogP contribution in [0.2, 0.25) is 0 Å². The number of ether oxygens (including phenoxy) is 1. The summed E-state index contributed by atoms with van der Waals surface area (Å²) in [7, 11) is 0. The molecule has 0 aliphatic carbocycles. The van der Waals surface area contributed by atoms with Crippen LogP contribution in [-0.2, 0) is 4.79 Å². The van der Waals surface area contributed by atoms with Gasteiger partial charge in [0.15, 0.2) is 6.10 Å². The minimum Gasteiger partial charge on any atom is -0.480 e. The first kappa shape index (κ1) is 15.8. The molecule has 0 aliphatic rings. The van der Waals surface area contributed by atoms with E-state index in [1.54, 1.807) is 19.1 Å². The zero-order chi connectivity index (χ0) is 15.1. The first-order valence-corrected chi connectivity index (χ1v) is 6.78. The second kappa shape index (κ2) is 7.39. The van der Waals surface area contributed by atoms with E-state index in [0.717, 1.165) is 12.8 Å². The van der Waals surface area contributed by atoms with Gasteiger partial charge in [-0.2, -0.15) is 5.26 Å². The third-order valence-corrected chi connectivity index (χ3v) is 3.13. The quantitative estimate of drug-likeness (QED) is 0.779. The molecular formula is C15H21N3O2. The molecule has 1 aromatic carbocycles. The standard InChI is InChI=1S/C15H21N3O2/c1-4-13(5-2)18-15(19)10(3)20-14-7-6-12(17)8-11(14)9-16/h6-8,10,13H,4-5,17H2,1-3H3,(H,18,19). The molecule has 0 bridgehead atoms. The Morgan fingerprint density at radius 3 is 2.65 bits per heavy atom. The number of nitrogen functional groups attached to an aromatic ring is 1. The van der Waals surface area contributed by atoms with Crippen LogP contribution in [0.15, 0.2) is 18.2 Å². The molecule has 5 nitrogen and oxygen atoms in total. The first-order chi connectivity index (χ1) is 9.51. The van der Waals surface area contributed by atoms with Crippen LogP contribution in [0, 0.1) is 11.3 Å². The van der Waals surface area contributed by atoms with Crippen LogP contribution in [0.25, 0.3) is 0 Å². The van der Waals surface area contributed by atoms with Crippen molar-refractivity contribution >= 4 is 11.6 Å². The van der Waals surface area contributed by atoms with Crippen molar-refractivity contribution in [3.8, 4) is 11.8 Å². The summed E-state index contributed by atoms with van der Waals surface area (Å²) in [5, 5.41) is 11.9. The molecule has 108 valence electrons. The van der Waals surface area contributed by atoms with Gasteiger partial charge < -0.3 is 15.8 Å². The second-order valence-corrected chi connectivity index (χ2v) is 4.65. The molecular weight excluding hydrogens is 254 g/mol. The largest absolute Gasteiger partial charge is 0.480 e. The van der Waals surface area contributed by atoms with E-state index in [1.807, 2.05) is 19.9 Å². The highest BCUT2D eigenvalue weighted by atomic mass is 16.5. The van der Waals surface area contributed by atoms with Gasteiger partial charge in [0.05, 0.1) is 5.56 Å². The number of carbonyl (C=O) groups excluding carboxylic acids is 1. The average Bonchev–Trinajstić information content (AvgIpc) is 2.45. The highest BCUT2D eigenvalue weighted by Gasteiger charge is 2.18. The lowest BCUT2D eigenvalue weighted by Crippen LogP contribution is -2.42. The summed E-state index contributed by atoms with van der Waals surface area (Å²) in [5.41, 5.74) is 6.42. The van der Waals surface area contributed by atoms with Crippen molar-refractivity contribution in [2.45, 2.75) is 45.8 Å². The molecule has 0 aliphatic heterocycles. The molecule has 3 N–H and O–H groups in total. The topological polar surface area (TPSA) is 88.1 Å². The van der Waals surface area contributed by atoms with E-state index in [0.29, 0.717) is 17.0 Å². The van der Waals surface area contributed by atoms with E-state index in [4.69, 9.17) is 15.7 Å². The van der Waals surface area contributed by atoms with E-state index >= 15 is 0 Å². The third kappa shape index (κ3) is 4.16. The summed E-state index contributed by atoms with van der Waals surface area (Å²) < 4.78 is 5.55. The normalized spacial score (nSPS) is 11.8. The van der Waals surface area contributed by atoms with Gasteiger partial charge in [-0.3, -0.25) is 4.79 Å². The van der Waals surface area contributed by atoms with Crippen LogP contribution < -0.4 is 15.8 Å². The number of anilines is 1. The Bertz CT molecular complexity index is 504. The van der Waals surface area contributed by atoms with Gasteiger partial charge in [-0.15, -0.1) is 0 Å². The van der Waals surface area contributed by atoms with E-state index in [2.05, 4.69) is 5.32 Å². The van der Waals surface area contributed by atoms with Crippen molar-refractivity contribution in [3.63, 3.8) is 0 Å². The predicted molar refractivity (Wildman–Crippen MR) is 78.2 cm³/mol. The average molecular weight is 275 g/mol. The molecule has 0 radical (unpaired) electrons. The SMILES string of the molecule is CCC(CC)NC(=O)C(C)Oc1ccc(N)cc1C#N. The van der Waals surface area contributed by atoms with Crippen LogP contribution in [0.4, 0.5) is 5.69 Å². The van der Waals surface area contributed by atoms with E-state index < -0.39 is 6.10 Å². The molecule has 0 heterocycles. The van der Waals surface area contributed by atoms with Crippen molar-refractivity contribution in [1.82, 2.24) is 5.32 Å². The van der Waals surface area contributed by atoms with E-state index in [-0.39, 0.29) is 11.9 Å². The molecule has 0 fully saturated rings. The Kier molecular flexibility index (Phi) is 5.85. The van der Waals surface area contributed by atoms with E-state index in [9.17, 15) is 4.79 Å². The number of benzene rings is 1. The van der Waals surface area contributed by atoms with Crippen LogP contribution in [-0.4, -0.2) is 18.1 Å². The number of carbonyl (C=O) groups is 1. The summed E-state index contributed by atoms with van der Waals surface area (Å²) in [6, 6.07) is 6.93. The number of nitriles is 1. The number of hydrogen-bond donors (Lipinski definition) is 2. The van der Waals surface area contributed by atoms with Gasteiger partial charge in [0.25, 0.3) is 5.91 Å². The van der Waals surface area contributed by atoms with Gasteiger partial charge >= 0.3 is 0 Å². The van der Waals surface area contributed by atoms with Gasteiger partial charge in [-0.25, -0.2) is 0 Å². The van der Waals surface area contributed by atoms with Crippen LogP contribution >= 0.6 is 0 Å². The zero-order valence-electron chi connectivity index (χ0n) is 12.1. The molecule has 1 rings (SSSR count). The fourth-order valence-corrected chi connectivity index (χ4v) is 1.79. The van der Waals surface area contributed by atoms with Gasteiger partial charge in [0, 0.05) is 11.7 Å². The minimum absolute atomic E-state index is 0.149. The molecule has 0 spiro atoms. The summed E-state index contributed by atoms with van der Waals surface area (Å²) in [5.74, 6) is 0.188. The summed E-state index contributed by atoms with van der Waals surface area (Å²) in [6.45, 7) is 5.71. The monoisotopic (exact) mass is 275 g/mol. The highest BCUT2D eigenvalue weighted by molar-refractivity contribution is 5.81. The molecule has 0 aromatic heterocycles. The molecule has 1 amide bonds. The second-order valence-electron chi connectivity index (χ2n) is 4.65. The molecule has 1 atom stereocenters. The summed E-state index contributed by atoms with van der Waals surface area (Å²) >= 11 is 0. The maximum absolute atomic E-state index is 12.0. The van der Waals surface area contributed by atoms with Crippen LogP contribution in [0.1, 0.15) is 39.2 Å². The van der Waals surface area contributed by atoms with Crippen LogP contribution in [0.5, 0.6) is 5.75 Å². The lowest BCUT2D eigenvalue weighted by Gasteiger charge is -2.20. The number of rotatable bonds is 6. The Hall–Kier alpha value is -2.22. The highest BCUT2D eigenvalue weighted by Crippen LogP contribution is 2.21. The lowest BCUT2D eigenvalue weighted by atomic mass is 10.1. The smallest absolute Gasteiger partial charge is 0.260 e. The maximum Gasteiger partial charge on any atom is 0.260 e. The summed E-state index contributed by atoms with van der Waals surface area (Å²) in [4.78, 5) is 12.0.